The van der Waals surface area contributed by atoms with Gasteiger partial charge in [-0.2, -0.15) is 10.1 Å². The Hall–Kier alpha value is -3.85. The molecule has 0 spiro atoms. The molecule has 2 fully saturated rings. The van der Waals surface area contributed by atoms with Crippen LogP contribution in [0.15, 0.2) is 42.5 Å². The molecule has 3 aliphatic heterocycles. The van der Waals surface area contributed by atoms with E-state index in [0.717, 1.165) is 71.3 Å². The van der Waals surface area contributed by atoms with E-state index >= 15 is 0 Å². The summed E-state index contributed by atoms with van der Waals surface area (Å²) in [5.41, 5.74) is 9.53. The van der Waals surface area contributed by atoms with Crippen LogP contribution in [0.4, 0.5) is 23.3 Å². The third kappa shape index (κ3) is 2.64. The second-order valence-corrected chi connectivity index (χ2v) is 8.49. The quantitative estimate of drug-likeness (QED) is 0.390. The Bertz CT molecular complexity index is 1350. The minimum Gasteiger partial charge on any atom is -0.454 e. The van der Waals surface area contributed by atoms with Crippen molar-refractivity contribution in [2.24, 2.45) is 0 Å². The molecule has 2 saturated heterocycles. The number of fused-ring (bicyclic) bond motifs is 3. The molecule has 9 nitrogen and oxygen atoms in total. The van der Waals surface area contributed by atoms with Crippen LogP contribution < -0.4 is 20.7 Å². The van der Waals surface area contributed by atoms with E-state index in [4.69, 9.17) is 15.2 Å². The van der Waals surface area contributed by atoms with Crippen molar-refractivity contribution in [3.8, 4) is 22.8 Å². The van der Waals surface area contributed by atoms with Crippen LogP contribution >= 0.6 is 0 Å². The summed E-state index contributed by atoms with van der Waals surface area (Å²) in [7, 11) is 0. The number of benzene rings is 2. The van der Waals surface area contributed by atoms with E-state index in [9.17, 15) is 0 Å². The lowest BCUT2D eigenvalue weighted by molar-refractivity contribution is 0.0902. The molecule has 0 aliphatic carbocycles. The van der Waals surface area contributed by atoms with E-state index in [1.165, 1.54) is 0 Å². The Kier molecular flexibility index (Phi) is 3.65. The van der Waals surface area contributed by atoms with Crippen molar-refractivity contribution >= 4 is 34.2 Å². The van der Waals surface area contributed by atoms with Gasteiger partial charge in [-0.05, 0) is 37.1 Å². The maximum absolute atomic E-state index is 6.29. The van der Waals surface area contributed by atoms with Gasteiger partial charge in [0.25, 0.3) is 0 Å². The molecule has 2 aromatic carbocycles. The molecule has 160 valence electrons. The zero-order chi connectivity index (χ0) is 21.2. The largest absolute Gasteiger partial charge is 0.454 e. The number of hydrogen-bond acceptors (Lipinski definition) is 8. The molecule has 9 heteroatoms. The first-order valence-electron chi connectivity index (χ1n) is 10.8. The van der Waals surface area contributed by atoms with Crippen molar-refractivity contribution in [3.05, 3.63) is 42.5 Å². The fraction of sp³-hybridized carbons (Fsp3) is 0.261. The minimum atomic E-state index is 0.257. The van der Waals surface area contributed by atoms with Gasteiger partial charge in [0.05, 0.1) is 47.6 Å². The third-order valence-electron chi connectivity index (χ3n) is 6.52. The van der Waals surface area contributed by atoms with E-state index < -0.39 is 0 Å². The van der Waals surface area contributed by atoms with Crippen LogP contribution in [-0.2, 0) is 4.74 Å². The Labute approximate surface area is 183 Å². The lowest BCUT2D eigenvalue weighted by Gasteiger charge is -2.35. The van der Waals surface area contributed by atoms with Crippen LogP contribution in [-0.4, -0.2) is 45.5 Å². The summed E-state index contributed by atoms with van der Waals surface area (Å²) in [6.45, 7) is 1.45. The fourth-order valence-corrected chi connectivity index (χ4v) is 5.08. The second kappa shape index (κ2) is 6.57. The third-order valence-corrected chi connectivity index (χ3v) is 6.52. The summed E-state index contributed by atoms with van der Waals surface area (Å²) in [5, 5.41) is 11.8. The van der Waals surface area contributed by atoms with Crippen LogP contribution in [0, 0.1) is 0 Å². The molecule has 2 bridgehead atoms. The lowest BCUT2D eigenvalue weighted by Crippen LogP contribution is -2.46. The standard InChI is InChI=1S/C23H21N7O2/c24-23-26-16(9-20(27-23)30-13-5-6-14(30)11-31-10-13)12-7-17-21-19(8-12)32-18-4-2-1-3-15(18)25-22(21)29-28-17/h1-4,7-9,13-14H,5-6,10-11H2,(H2,24,26,27)(H2,25,28,29). The number of nitrogen functional groups attached to an aromatic ring is 1. The molecule has 4 N–H and O–H groups in total. The van der Waals surface area contributed by atoms with Gasteiger partial charge in [-0.1, -0.05) is 12.1 Å². The van der Waals surface area contributed by atoms with Gasteiger partial charge in [0.2, 0.25) is 5.95 Å². The predicted molar refractivity (Wildman–Crippen MR) is 121 cm³/mol. The molecule has 4 aromatic rings. The molecule has 7 rings (SSSR count). The Balaban J connectivity index is 1.36. The number of nitrogens with one attached hydrogen (secondary N) is 2. The van der Waals surface area contributed by atoms with Crippen molar-refractivity contribution in [1.82, 2.24) is 20.2 Å². The summed E-state index contributed by atoms with van der Waals surface area (Å²) in [6, 6.07) is 14.5. The Morgan fingerprint density at radius 1 is 1.00 bits per heavy atom. The van der Waals surface area contributed by atoms with E-state index in [1.54, 1.807) is 0 Å². The Morgan fingerprint density at radius 3 is 2.72 bits per heavy atom. The molecule has 32 heavy (non-hydrogen) atoms. The summed E-state index contributed by atoms with van der Waals surface area (Å²) in [5.74, 6) is 3.31. The molecule has 2 aromatic heterocycles. The maximum Gasteiger partial charge on any atom is 0.222 e. The highest BCUT2D eigenvalue weighted by Gasteiger charge is 2.38. The van der Waals surface area contributed by atoms with Crippen molar-refractivity contribution in [2.45, 2.75) is 24.9 Å². The normalized spacial score (nSPS) is 21.1. The number of nitrogens with zero attached hydrogens (tertiary/aromatic N) is 4. The zero-order valence-corrected chi connectivity index (χ0v) is 17.2. The summed E-state index contributed by atoms with van der Waals surface area (Å²) in [6.07, 6.45) is 2.22. The highest BCUT2D eigenvalue weighted by atomic mass is 16.5. The molecular formula is C23H21N7O2. The lowest BCUT2D eigenvalue weighted by atomic mass is 10.1. The van der Waals surface area contributed by atoms with Crippen LogP contribution in [0.25, 0.3) is 22.2 Å². The van der Waals surface area contributed by atoms with Gasteiger partial charge in [-0.15, -0.1) is 0 Å². The number of ether oxygens (including phenoxy) is 2. The molecule has 2 unspecified atom stereocenters. The highest BCUT2D eigenvalue weighted by Crippen LogP contribution is 2.44. The van der Waals surface area contributed by atoms with Gasteiger partial charge in [0.15, 0.2) is 11.6 Å². The van der Waals surface area contributed by atoms with Crippen molar-refractivity contribution in [2.75, 3.05) is 29.2 Å². The first kappa shape index (κ1) is 17.8. The average molecular weight is 427 g/mol. The average Bonchev–Trinajstić information content (AvgIpc) is 3.25. The SMILES string of the molecule is Nc1nc(-c2cc3c4c(n[nH]c4c2)Nc2ccccc2O3)cc(N2C3CCC2COC3)n1. The van der Waals surface area contributed by atoms with Crippen LogP contribution in [0.2, 0.25) is 0 Å². The minimum absolute atomic E-state index is 0.257. The van der Waals surface area contributed by atoms with E-state index in [2.05, 4.69) is 30.4 Å². The first-order chi connectivity index (χ1) is 15.7. The van der Waals surface area contributed by atoms with Gasteiger partial charge in [-0.25, -0.2) is 4.98 Å². The van der Waals surface area contributed by atoms with Crippen LogP contribution in [0.1, 0.15) is 12.8 Å². The molecule has 5 heterocycles. The van der Waals surface area contributed by atoms with Crippen LogP contribution in [0.5, 0.6) is 11.5 Å². The molecule has 0 radical (unpaired) electrons. The first-order valence-corrected chi connectivity index (χ1v) is 10.8. The monoisotopic (exact) mass is 427 g/mol. The number of morpholine rings is 1. The molecule has 3 aliphatic rings. The van der Waals surface area contributed by atoms with Crippen LogP contribution in [0.3, 0.4) is 0 Å². The van der Waals surface area contributed by atoms with Gasteiger partial charge in [-0.3, -0.25) is 5.10 Å². The topological polar surface area (TPSA) is 114 Å². The predicted octanol–water partition coefficient (Wildman–Crippen LogP) is 3.82. The van der Waals surface area contributed by atoms with Crippen molar-refractivity contribution in [3.63, 3.8) is 0 Å². The number of anilines is 4. The molecule has 2 atom stereocenters. The molecule has 0 saturated carbocycles. The van der Waals surface area contributed by atoms with Gasteiger partial charge < -0.3 is 25.4 Å². The number of para-hydroxylation sites is 2. The number of aromatic nitrogens is 4. The smallest absolute Gasteiger partial charge is 0.222 e. The number of rotatable bonds is 2. The summed E-state index contributed by atoms with van der Waals surface area (Å²) >= 11 is 0. The summed E-state index contributed by atoms with van der Waals surface area (Å²) < 4.78 is 12.0. The number of hydrogen-bond donors (Lipinski definition) is 3. The fourth-order valence-electron chi connectivity index (χ4n) is 5.08. The number of nitrogens with two attached hydrogens (primary N) is 1. The molecule has 0 amide bonds. The van der Waals surface area contributed by atoms with E-state index in [-0.39, 0.29) is 5.95 Å². The highest BCUT2D eigenvalue weighted by molar-refractivity contribution is 6.00. The van der Waals surface area contributed by atoms with Gasteiger partial charge in [0, 0.05) is 11.6 Å². The number of aromatic amines is 1. The van der Waals surface area contributed by atoms with Crippen molar-refractivity contribution < 1.29 is 9.47 Å². The maximum atomic E-state index is 6.29. The molecular weight excluding hydrogens is 406 g/mol. The second-order valence-electron chi connectivity index (χ2n) is 8.49. The summed E-state index contributed by atoms with van der Waals surface area (Å²) in [4.78, 5) is 11.5. The number of H-pyrrole nitrogens is 1. The van der Waals surface area contributed by atoms with Gasteiger partial charge >= 0.3 is 0 Å². The van der Waals surface area contributed by atoms with Crippen molar-refractivity contribution in [1.29, 1.82) is 0 Å². The van der Waals surface area contributed by atoms with E-state index in [0.29, 0.717) is 17.8 Å². The Morgan fingerprint density at radius 2 is 1.84 bits per heavy atom. The van der Waals surface area contributed by atoms with E-state index in [1.807, 2.05) is 42.5 Å². The van der Waals surface area contributed by atoms with Gasteiger partial charge in [0.1, 0.15) is 11.6 Å². The zero-order valence-electron chi connectivity index (χ0n) is 17.2.